The van der Waals surface area contributed by atoms with Crippen LogP contribution in [-0.4, -0.2) is 27.4 Å². The van der Waals surface area contributed by atoms with Crippen molar-refractivity contribution in [3.63, 3.8) is 0 Å². The van der Waals surface area contributed by atoms with E-state index >= 15 is 0 Å². The summed E-state index contributed by atoms with van der Waals surface area (Å²) in [5, 5.41) is 10.5. The van der Waals surface area contributed by atoms with E-state index < -0.39 is 6.04 Å². The molecule has 2 heterocycles. The minimum absolute atomic E-state index is 0.0217. The third kappa shape index (κ3) is 3.77. The fourth-order valence-corrected chi connectivity index (χ4v) is 3.35. The molecule has 2 aromatic carbocycles. The molecule has 1 aliphatic rings. The van der Waals surface area contributed by atoms with Gasteiger partial charge in [0.2, 0.25) is 11.8 Å². The topological polar surface area (TPSA) is 93.1 Å². The van der Waals surface area contributed by atoms with Crippen molar-refractivity contribution in [2.24, 2.45) is 0 Å². The summed E-state index contributed by atoms with van der Waals surface area (Å²) >= 11 is 5.95. The lowest BCUT2D eigenvalue weighted by molar-refractivity contribution is -0.125. The number of fused-ring (bicyclic) bond motifs is 1. The van der Waals surface area contributed by atoms with Crippen LogP contribution in [0.4, 0.5) is 11.5 Å². The SMILES string of the molecule is CC(=O)c1ccc(NC(=O)C2CC(=O)Nc3c(-c4ccc(Cl)cc4)cnn32)cc1. The number of carbonyl (C=O) groups is 3. The van der Waals surface area contributed by atoms with Gasteiger partial charge in [0.1, 0.15) is 11.9 Å². The van der Waals surface area contributed by atoms with Crippen molar-refractivity contribution < 1.29 is 14.4 Å². The van der Waals surface area contributed by atoms with E-state index in [1.807, 2.05) is 12.1 Å². The summed E-state index contributed by atoms with van der Waals surface area (Å²) in [4.78, 5) is 36.5. The van der Waals surface area contributed by atoms with Crippen LogP contribution in [0.15, 0.2) is 54.7 Å². The molecule has 8 heteroatoms. The summed E-state index contributed by atoms with van der Waals surface area (Å²) in [6.45, 7) is 1.48. The molecule has 2 N–H and O–H groups in total. The Morgan fingerprint density at radius 1 is 1.14 bits per heavy atom. The third-order valence-electron chi connectivity index (χ3n) is 4.74. The van der Waals surface area contributed by atoms with Gasteiger partial charge in [0, 0.05) is 21.8 Å². The first-order chi connectivity index (χ1) is 13.9. The number of hydrogen-bond donors (Lipinski definition) is 2. The maximum absolute atomic E-state index is 12.8. The minimum atomic E-state index is -0.785. The first kappa shape index (κ1) is 18.9. The summed E-state index contributed by atoms with van der Waals surface area (Å²) in [5.41, 5.74) is 2.63. The van der Waals surface area contributed by atoms with Crippen LogP contribution in [0, 0.1) is 0 Å². The van der Waals surface area contributed by atoms with Crippen LogP contribution in [0.2, 0.25) is 5.02 Å². The maximum atomic E-state index is 12.8. The fourth-order valence-electron chi connectivity index (χ4n) is 3.23. The van der Waals surface area contributed by atoms with Gasteiger partial charge in [0.25, 0.3) is 0 Å². The average Bonchev–Trinajstić information content (AvgIpc) is 3.12. The van der Waals surface area contributed by atoms with E-state index in [-0.39, 0.29) is 24.0 Å². The molecule has 1 aromatic heterocycles. The summed E-state index contributed by atoms with van der Waals surface area (Å²) in [6, 6.07) is 13.0. The molecular weight excluding hydrogens is 392 g/mol. The van der Waals surface area contributed by atoms with Crippen LogP contribution < -0.4 is 10.6 Å². The van der Waals surface area contributed by atoms with Crippen LogP contribution >= 0.6 is 11.6 Å². The van der Waals surface area contributed by atoms with Gasteiger partial charge < -0.3 is 10.6 Å². The molecule has 3 aromatic rings. The van der Waals surface area contributed by atoms with Gasteiger partial charge in [-0.05, 0) is 48.9 Å². The van der Waals surface area contributed by atoms with Gasteiger partial charge in [-0.3, -0.25) is 14.4 Å². The Hall–Kier alpha value is -3.45. The standard InChI is InChI=1S/C21H17ClN4O3/c1-12(27)13-4-8-16(9-5-13)24-21(29)18-10-19(28)25-20-17(11-23-26(18)20)14-2-6-15(22)7-3-14/h2-9,11,18H,10H2,1H3,(H,24,29)(H,25,28). The van der Waals surface area contributed by atoms with E-state index in [4.69, 9.17) is 11.6 Å². The monoisotopic (exact) mass is 408 g/mol. The van der Waals surface area contributed by atoms with Crippen LogP contribution in [0.5, 0.6) is 0 Å². The minimum Gasteiger partial charge on any atom is -0.324 e. The van der Waals surface area contributed by atoms with Crippen molar-refractivity contribution in [3.8, 4) is 11.1 Å². The lowest BCUT2D eigenvalue weighted by atomic mass is 10.1. The second-order valence-electron chi connectivity index (χ2n) is 6.75. The summed E-state index contributed by atoms with van der Waals surface area (Å²) in [5.74, 6) is -0.207. The molecule has 4 rings (SSSR count). The highest BCUT2D eigenvalue weighted by Gasteiger charge is 2.33. The first-order valence-electron chi connectivity index (χ1n) is 8.97. The van der Waals surface area contributed by atoms with Crippen LogP contribution in [0.25, 0.3) is 11.1 Å². The van der Waals surface area contributed by atoms with E-state index in [0.717, 1.165) is 5.56 Å². The van der Waals surface area contributed by atoms with Gasteiger partial charge in [-0.15, -0.1) is 0 Å². The largest absolute Gasteiger partial charge is 0.324 e. The van der Waals surface area contributed by atoms with Crippen molar-refractivity contribution in [2.75, 3.05) is 10.6 Å². The molecule has 0 radical (unpaired) electrons. The van der Waals surface area contributed by atoms with E-state index in [1.165, 1.54) is 11.6 Å². The molecule has 0 saturated heterocycles. The molecule has 0 bridgehead atoms. The Bertz CT molecular complexity index is 1100. The Balaban J connectivity index is 1.61. The molecule has 146 valence electrons. The number of nitrogens with zero attached hydrogens (tertiary/aromatic N) is 2. The Morgan fingerprint density at radius 2 is 1.83 bits per heavy atom. The Labute approximate surface area is 171 Å². The molecule has 1 unspecified atom stereocenters. The number of Topliss-reactive ketones (excluding diaryl/α,β-unsaturated/α-hetero) is 1. The van der Waals surface area contributed by atoms with E-state index in [0.29, 0.717) is 27.7 Å². The highest BCUT2D eigenvalue weighted by atomic mass is 35.5. The smallest absolute Gasteiger partial charge is 0.249 e. The van der Waals surface area contributed by atoms with E-state index in [1.54, 1.807) is 42.6 Å². The van der Waals surface area contributed by atoms with Crippen molar-refractivity contribution in [1.82, 2.24) is 9.78 Å². The number of carbonyl (C=O) groups excluding carboxylic acids is 3. The molecule has 0 fully saturated rings. The van der Waals surface area contributed by atoms with E-state index in [9.17, 15) is 14.4 Å². The van der Waals surface area contributed by atoms with Gasteiger partial charge >= 0.3 is 0 Å². The summed E-state index contributed by atoms with van der Waals surface area (Å²) < 4.78 is 1.52. The number of anilines is 2. The molecule has 7 nitrogen and oxygen atoms in total. The number of aromatic nitrogens is 2. The molecule has 29 heavy (non-hydrogen) atoms. The molecule has 1 atom stereocenters. The zero-order chi connectivity index (χ0) is 20.5. The number of amides is 2. The highest BCUT2D eigenvalue weighted by molar-refractivity contribution is 6.30. The van der Waals surface area contributed by atoms with Crippen molar-refractivity contribution in [3.05, 3.63) is 65.3 Å². The van der Waals surface area contributed by atoms with Crippen LogP contribution in [-0.2, 0) is 9.59 Å². The molecule has 1 aliphatic heterocycles. The summed E-state index contributed by atoms with van der Waals surface area (Å²) in [6.07, 6.45) is 1.60. The zero-order valence-corrected chi connectivity index (χ0v) is 16.2. The number of hydrogen-bond acceptors (Lipinski definition) is 4. The maximum Gasteiger partial charge on any atom is 0.249 e. The fraction of sp³-hybridized carbons (Fsp3) is 0.143. The zero-order valence-electron chi connectivity index (χ0n) is 15.5. The Morgan fingerprint density at radius 3 is 2.48 bits per heavy atom. The van der Waals surface area contributed by atoms with Crippen molar-refractivity contribution in [2.45, 2.75) is 19.4 Å². The number of rotatable bonds is 4. The predicted octanol–water partition coefficient (Wildman–Crippen LogP) is 3.93. The normalized spacial score (nSPS) is 15.4. The quantitative estimate of drug-likeness (QED) is 0.639. The highest BCUT2D eigenvalue weighted by Crippen LogP contribution is 2.34. The van der Waals surface area contributed by atoms with Gasteiger partial charge in [0.15, 0.2) is 5.78 Å². The van der Waals surface area contributed by atoms with Crippen molar-refractivity contribution in [1.29, 1.82) is 0 Å². The summed E-state index contributed by atoms with van der Waals surface area (Å²) in [7, 11) is 0. The average molecular weight is 409 g/mol. The number of ketones is 1. The third-order valence-corrected chi connectivity index (χ3v) is 5.00. The Kier molecular flexibility index (Phi) is 4.90. The molecule has 0 saturated carbocycles. The predicted molar refractivity (Wildman–Crippen MR) is 110 cm³/mol. The van der Waals surface area contributed by atoms with Gasteiger partial charge in [-0.2, -0.15) is 5.10 Å². The van der Waals surface area contributed by atoms with Gasteiger partial charge in [-0.25, -0.2) is 4.68 Å². The lowest BCUT2D eigenvalue weighted by Crippen LogP contribution is -2.35. The lowest BCUT2D eigenvalue weighted by Gasteiger charge is -2.24. The molecule has 0 aliphatic carbocycles. The molecule has 2 amide bonds. The van der Waals surface area contributed by atoms with Crippen molar-refractivity contribution >= 4 is 40.7 Å². The molecule has 0 spiro atoms. The molecular formula is C21H17ClN4O3. The number of nitrogens with one attached hydrogen (secondary N) is 2. The number of benzene rings is 2. The number of halogens is 1. The van der Waals surface area contributed by atoms with Crippen LogP contribution in [0.3, 0.4) is 0 Å². The van der Waals surface area contributed by atoms with Gasteiger partial charge in [-0.1, -0.05) is 23.7 Å². The first-order valence-corrected chi connectivity index (χ1v) is 9.35. The second-order valence-corrected chi connectivity index (χ2v) is 7.19. The van der Waals surface area contributed by atoms with E-state index in [2.05, 4.69) is 15.7 Å². The van der Waals surface area contributed by atoms with Gasteiger partial charge in [0.05, 0.1) is 12.6 Å². The van der Waals surface area contributed by atoms with Crippen LogP contribution in [0.1, 0.15) is 29.7 Å². The second kappa shape index (κ2) is 7.52.